The molecule has 1 aromatic carbocycles. The van der Waals surface area contributed by atoms with E-state index in [1.165, 1.54) is 4.90 Å². The molecule has 1 atom stereocenters. The average molecular weight is 303 g/mol. The van der Waals surface area contributed by atoms with E-state index in [0.717, 1.165) is 17.7 Å². The average Bonchev–Trinajstić information content (AvgIpc) is 2.68. The number of imide groups is 1. The van der Waals surface area contributed by atoms with Crippen molar-refractivity contribution in [1.82, 2.24) is 15.1 Å². The van der Waals surface area contributed by atoms with Crippen LogP contribution in [0, 0.1) is 5.41 Å². The Bertz CT molecular complexity index is 576. The molecule has 1 aliphatic heterocycles. The number of urea groups is 1. The van der Waals surface area contributed by atoms with E-state index in [1.54, 1.807) is 0 Å². The van der Waals surface area contributed by atoms with Crippen molar-refractivity contribution >= 4 is 11.9 Å². The Balaban J connectivity index is 2.21. The lowest BCUT2D eigenvalue weighted by Gasteiger charge is -2.24. The highest BCUT2D eigenvalue weighted by Crippen LogP contribution is 2.26. The van der Waals surface area contributed by atoms with E-state index >= 15 is 0 Å². The van der Waals surface area contributed by atoms with Crippen LogP contribution in [0.25, 0.3) is 0 Å². The lowest BCUT2D eigenvalue weighted by molar-refractivity contribution is -0.129. The topological polar surface area (TPSA) is 52.6 Å². The van der Waals surface area contributed by atoms with Gasteiger partial charge in [-0.15, -0.1) is 0 Å². The summed E-state index contributed by atoms with van der Waals surface area (Å²) in [6, 6.07) is 7.17. The molecule has 0 spiro atoms. The van der Waals surface area contributed by atoms with E-state index in [-0.39, 0.29) is 17.4 Å². The Morgan fingerprint density at radius 3 is 2.23 bits per heavy atom. The fourth-order valence-electron chi connectivity index (χ4n) is 2.63. The molecule has 1 N–H and O–H groups in total. The van der Waals surface area contributed by atoms with Gasteiger partial charge in [-0.3, -0.25) is 9.69 Å². The van der Waals surface area contributed by atoms with Crippen LogP contribution in [0.15, 0.2) is 24.3 Å². The molecule has 1 saturated heterocycles. The molecule has 0 aliphatic carbocycles. The number of hydrogen-bond donors (Lipinski definition) is 1. The Labute approximate surface area is 132 Å². The summed E-state index contributed by atoms with van der Waals surface area (Å²) in [6.45, 7) is 6.97. The highest BCUT2D eigenvalue weighted by Gasteiger charge is 2.44. The van der Waals surface area contributed by atoms with E-state index in [1.807, 2.05) is 59.1 Å². The number of nitrogens with zero attached hydrogens (tertiary/aromatic N) is 2. The molecular formula is C17H25N3O2. The van der Waals surface area contributed by atoms with Gasteiger partial charge in [0.05, 0.1) is 6.54 Å². The summed E-state index contributed by atoms with van der Waals surface area (Å²) >= 11 is 0. The zero-order valence-electron chi connectivity index (χ0n) is 14.0. The largest absolute Gasteiger partial charge is 0.325 e. The van der Waals surface area contributed by atoms with Gasteiger partial charge in [-0.1, -0.05) is 45.0 Å². The molecule has 5 heteroatoms. The first-order valence-electron chi connectivity index (χ1n) is 7.53. The van der Waals surface area contributed by atoms with Crippen LogP contribution in [-0.4, -0.2) is 41.9 Å². The van der Waals surface area contributed by atoms with Crippen molar-refractivity contribution in [2.24, 2.45) is 5.41 Å². The lowest BCUT2D eigenvalue weighted by Crippen LogP contribution is -2.41. The molecule has 0 radical (unpaired) electrons. The van der Waals surface area contributed by atoms with E-state index in [4.69, 9.17) is 0 Å². The summed E-state index contributed by atoms with van der Waals surface area (Å²) in [4.78, 5) is 28.1. The smallest absolute Gasteiger partial charge is 0.325 e. The normalized spacial score (nSPS) is 19.0. The number of carbonyl (C=O) groups is 2. The van der Waals surface area contributed by atoms with Gasteiger partial charge in [0.25, 0.3) is 5.91 Å². The molecular weight excluding hydrogens is 278 g/mol. The fourth-order valence-corrected chi connectivity index (χ4v) is 2.63. The quantitative estimate of drug-likeness (QED) is 0.868. The van der Waals surface area contributed by atoms with Crippen molar-refractivity contribution in [3.63, 3.8) is 0 Å². The number of benzene rings is 1. The Morgan fingerprint density at radius 1 is 1.14 bits per heavy atom. The number of hydrogen-bond acceptors (Lipinski definition) is 3. The van der Waals surface area contributed by atoms with Gasteiger partial charge in [-0.25, -0.2) is 4.79 Å². The molecule has 0 aromatic heterocycles. The standard InChI is InChI=1S/C17H25N3O2/c1-17(2,3)14-15(21)20(16(22)18-14)11-13-9-7-6-8-12(13)10-19(4)5/h6-9,14H,10-11H2,1-5H3,(H,18,22)/t14-/m0/s1. The van der Waals surface area contributed by atoms with Crippen LogP contribution in [0.3, 0.4) is 0 Å². The summed E-state index contributed by atoms with van der Waals surface area (Å²) in [5.74, 6) is -0.142. The van der Waals surface area contributed by atoms with Crippen molar-refractivity contribution in [3.05, 3.63) is 35.4 Å². The fraction of sp³-hybridized carbons (Fsp3) is 0.529. The van der Waals surface area contributed by atoms with Crippen LogP contribution < -0.4 is 5.32 Å². The van der Waals surface area contributed by atoms with Crippen molar-refractivity contribution in [3.8, 4) is 0 Å². The third kappa shape index (κ3) is 3.47. The molecule has 22 heavy (non-hydrogen) atoms. The van der Waals surface area contributed by atoms with Gasteiger partial charge in [-0.05, 0) is 30.6 Å². The van der Waals surface area contributed by atoms with Crippen LogP contribution in [-0.2, 0) is 17.9 Å². The Morgan fingerprint density at radius 2 is 1.73 bits per heavy atom. The maximum absolute atomic E-state index is 12.5. The minimum absolute atomic E-state index is 0.142. The van der Waals surface area contributed by atoms with Gasteiger partial charge in [0.15, 0.2) is 0 Å². The summed E-state index contributed by atoms with van der Waals surface area (Å²) in [7, 11) is 4.00. The summed E-state index contributed by atoms with van der Waals surface area (Å²) in [5.41, 5.74) is 1.85. The molecule has 120 valence electrons. The molecule has 0 unspecified atom stereocenters. The Hall–Kier alpha value is -1.88. The molecule has 1 aromatic rings. The highest BCUT2D eigenvalue weighted by atomic mass is 16.2. The van der Waals surface area contributed by atoms with Crippen LogP contribution in [0.2, 0.25) is 0 Å². The summed E-state index contributed by atoms with van der Waals surface area (Å²) in [5, 5.41) is 2.80. The van der Waals surface area contributed by atoms with Gasteiger partial charge in [0.2, 0.25) is 0 Å². The van der Waals surface area contributed by atoms with Crippen LogP contribution >= 0.6 is 0 Å². The predicted molar refractivity (Wildman–Crippen MR) is 86.2 cm³/mol. The maximum atomic E-state index is 12.5. The zero-order valence-corrected chi connectivity index (χ0v) is 14.0. The second kappa shape index (κ2) is 6.08. The molecule has 5 nitrogen and oxygen atoms in total. The first-order chi connectivity index (χ1) is 10.2. The van der Waals surface area contributed by atoms with Gasteiger partial charge in [0, 0.05) is 6.54 Å². The SMILES string of the molecule is CN(C)Cc1ccccc1CN1C(=O)N[C@H](C(C)(C)C)C1=O. The highest BCUT2D eigenvalue weighted by molar-refractivity contribution is 6.04. The van der Waals surface area contributed by atoms with Gasteiger partial charge < -0.3 is 10.2 Å². The molecule has 1 heterocycles. The van der Waals surface area contributed by atoms with Crippen LogP contribution in [0.1, 0.15) is 31.9 Å². The number of carbonyl (C=O) groups excluding carboxylic acids is 2. The van der Waals surface area contributed by atoms with Crippen molar-refractivity contribution in [1.29, 1.82) is 0 Å². The molecule has 1 fully saturated rings. The number of amides is 3. The zero-order chi connectivity index (χ0) is 16.5. The monoisotopic (exact) mass is 303 g/mol. The van der Waals surface area contributed by atoms with Gasteiger partial charge in [-0.2, -0.15) is 0 Å². The molecule has 3 amide bonds. The number of nitrogens with one attached hydrogen (secondary N) is 1. The predicted octanol–water partition coefficient (Wildman–Crippen LogP) is 2.21. The lowest BCUT2D eigenvalue weighted by atomic mass is 9.87. The van der Waals surface area contributed by atoms with Crippen LogP contribution in [0.5, 0.6) is 0 Å². The van der Waals surface area contributed by atoms with Crippen molar-refractivity contribution in [2.75, 3.05) is 14.1 Å². The van der Waals surface area contributed by atoms with E-state index in [9.17, 15) is 9.59 Å². The van der Waals surface area contributed by atoms with E-state index in [2.05, 4.69) is 10.2 Å². The summed E-state index contributed by atoms with van der Waals surface area (Å²) in [6.07, 6.45) is 0. The third-order valence-corrected chi connectivity index (χ3v) is 3.83. The second-order valence-electron chi connectivity index (χ2n) is 7.18. The Kier molecular flexibility index (Phi) is 4.56. The molecule has 0 bridgehead atoms. The molecule has 0 saturated carbocycles. The minimum atomic E-state index is -0.457. The molecule has 2 rings (SSSR count). The first kappa shape index (κ1) is 16.5. The third-order valence-electron chi connectivity index (χ3n) is 3.83. The van der Waals surface area contributed by atoms with Crippen molar-refractivity contribution < 1.29 is 9.59 Å². The van der Waals surface area contributed by atoms with E-state index < -0.39 is 6.04 Å². The van der Waals surface area contributed by atoms with E-state index in [0.29, 0.717) is 6.54 Å². The van der Waals surface area contributed by atoms with Crippen LogP contribution in [0.4, 0.5) is 4.79 Å². The minimum Gasteiger partial charge on any atom is -0.325 e. The number of rotatable bonds is 4. The first-order valence-corrected chi connectivity index (χ1v) is 7.53. The van der Waals surface area contributed by atoms with Gasteiger partial charge in [0.1, 0.15) is 6.04 Å². The second-order valence-corrected chi connectivity index (χ2v) is 7.18. The van der Waals surface area contributed by atoms with Gasteiger partial charge >= 0.3 is 6.03 Å². The molecule has 1 aliphatic rings. The maximum Gasteiger partial charge on any atom is 0.325 e. The van der Waals surface area contributed by atoms with Crippen molar-refractivity contribution in [2.45, 2.75) is 39.9 Å². The summed E-state index contributed by atoms with van der Waals surface area (Å²) < 4.78 is 0.